The Labute approximate surface area is 181 Å². The highest BCUT2D eigenvalue weighted by molar-refractivity contribution is 7.92. The maximum atomic E-state index is 5.82. The quantitative estimate of drug-likeness (QED) is 0.236. The third-order valence-electron chi connectivity index (χ3n) is 5.28. The zero-order valence-electron chi connectivity index (χ0n) is 16.5. The molecule has 2 aliphatic carbocycles. The van der Waals surface area contributed by atoms with Crippen LogP contribution in [0.4, 0.5) is 0 Å². The summed E-state index contributed by atoms with van der Waals surface area (Å²) >= 11 is 21.1. The molecule has 0 saturated heterocycles. The third kappa shape index (κ3) is 4.09. The number of thiocarbonyl (C=S) groups is 2. The summed E-state index contributed by atoms with van der Waals surface area (Å²) in [7, 11) is 0. The van der Waals surface area contributed by atoms with Gasteiger partial charge < -0.3 is 0 Å². The lowest BCUT2D eigenvalue weighted by molar-refractivity contribution is 0.825. The van der Waals surface area contributed by atoms with Crippen molar-refractivity contribution in [3.63, 3.8) is 0 Å². The lowest BCUT2D eigenvalue weighted by Gasteiger charge is -2.15. The first-order chi connectivity index (χ1) is 12.4. The van der Waals surface area contributed by atoms with E-state index in [4.69, 9.17) is 49.7 Å². The van der Waals surface area contributed by atoms with Crippen molar-refractivity contribution in [2.75, 3.05) is 0 Å². The van der Waals surface area contributed by atoms with Crippen molar-refractivity contribution < 1.29 is 0 Å². The van der Waals surface area contributed by atoms with Crippen molar-refractivity contribution in [2.24, 2.45) is 0 Å². The second-order valence-corrected chi connectivity index (χ2v) is 9.27. The molecule has 1 fully saturated rings. The molecule has 2 aliphatic rings. The smallest absolute Gasteiger partial charge is 0.0541 e. The molecule has 0 bridgehead atoms. The van der Waals surface area contributed by atoms with Crippen LogP contribution >= 0.6 is 49.7 Å². The van der Waals surface area contributed by atoms with E-state index in [1.807, 2.05) is 0 Å². The van der Waals surface area contributed by atoms with Gasteiger partial charge in [0.05, 0.1) is 10.5 Å². The molecule has 0 aromatic heterocycles. The van der Waals surface area contributed by atoms with Gasteiger partial charge in [-0.1, -0.05) is 77.8 Å². The van der Waals surface area contributed by atoms with Gasteiger partial charge in [-0.15, -0.1) is 0 Å². The molecule has 1 saturated carbocycles. The van der Waals surface area contributed by atoms with E-state index in [2.05, 4.69) is 27.7 Å². The average Bonchev–Trinajstić information content (AvgIpc) is 2.98. The van der Waals surface area contributed by atoms with Gasteiger partial charge in [-0.25, -0.2) is 0 Å². The Morgan fingerprint density at radius 3 is 1.19 bits per heavy atom. The van der Waals surface area contributed by atoms with E-state index in [1.54, 1.807) is 11.1 Å². The Hall–Kier alpha value is 0.1000. The minimum atomic E-state index is -0.0427. The summed E-state index contributed by atoms with van der Waals surface area (Å²) in [6.07, 6.45) is 9.17. The predicted octanol–water partition coefficient (Wildman–Crippen LogP) is 7.44. The van der Waals surface area contributed by atoms with Crippen molar-refractivity contribution >= 4 is 59.4 Å². The van der Waals surface area contributed by atoms with Crippen LogP contribution in [0, 0.1) is 0 Å². The second kappa shape index (κ2) is 10.0. The summed E-state index contributed by atoms with van der Waals surface area (Å²) in [5.74, 6) is 0. The van der Waals surface area contributed by atoms with Crippen LogP contribution in [-0.2, 0) is 0 Å². The second-order valence-electron chi connectivity index (χ2n) is 7.28. The zero-order chi connectivity index (χ0) is 19.4. The van der Waals surface area contributed by atoms with Crippen LogP contribution in [0.3, 0.4) is 0 Å². The molecule has 2 atom stereocenters. The number of rotatable bonds is 8. The Kier molecular flexibility index (Phi) is 8.65. The van der Waals surface area contributed by atoms with Crippen molar-refractivity contribution in [1.82, 2.24) is 0 Å². The van der Waals surface area contributed by atoms with Gasteiger partial charge in [0, 0.05) is 15.3 Å². The fourth-order valence-corrected chi connectivity index (χ4v) is 5.77. The number of allylic oxidation sites excluding steroid dienone is 6. The van der Waals surface area contributed by atoms with E-state index in [9.17, 15) is 0 Å². The standard InChI is InChI=1S/C22H32S4/c1-5-9-13-14(10-6-2)16(12-8-4)17(15(13)11-7-3)18-19(23)21(25)22(26)20(18)24/h21-22,25-26H,5-12H2,1-4H3. The topological polar surface area (TPSA) is 0 Å². The Morgan fingerprint density at radius 1 is 0.577 bits per heavy atom. The molecule has 0 heterocycles. The highest BCUT2D eigenvalue weighted by Gasteiger charge is 2.40. The highest BCUT2D eigenvalue weighted by Crippen LogP contribution is 2.48. The van der Waals surface area contributed by atoms with Crippen molar-refractivity contribution in [2.45, 2.75) is 89.6 Å². The van der Waals surface area contributed by atoms with Gasteiger partial charge in [0.25, 0.3) is 0 Å². The molecule has 0 spiro atoms. The van der Waals surface area contributed by atoms with Crippen LogP contribution < -0.4 is 0 Å². The molecule has 0 amide bonds. The molecule has 0 nitrogen and oxygen atoms in total. The first-order valence-electron chi connectivity index (χ1n) is 10.1. The molecular weight excluding hydrogens is 393 g/mol. The molecule has 2 rings (SSSR count). The highest BCUT2D eigenvalue weighted by atomic mass is 32.1. The fourth-order valence-electron chi connectivity index (χ4n) is 4.26. The summed E-state index contributed by atoms with van der Waals surface area (Å²) in [6, 6.07) is 0. The van der Waals surface area contributed by atoms with Gasteiger partial charge >= 0.3 is 0 Å². The molecule has 4 heteroatoms. The molecule has 0 radical (unpaired) electrons. The molecular formula is C22H32S4. The average molecular weight is 425 g/mol. The minimum absolute atomic E-state index is 0.0427. The Morgan fingerprint density at radius 2 is 0.885 bits per heavy atom. The molecule has 0 aromatic rings. The predicted molar refractivity (Wildman–Crippen MR) is 131 cm³/mol. The van der Waals surface area contributed by atoms with Crippen LogP contribution in [0.1, 0.15) is 79.1 Å². The zero-order valence-corrected chi connectivity index (χ0v) is 19.9. The van der Waals surface area contributed by atoms with Crippen molar-refractivity contribution in [3.8, 4) is 0 Å². The summed E-state index contributed by atoms with van der Waals surface area (Å²) in [6.45, 7) is 9.10. The number of hydrogen-bond acceptors (Lipinski definition) is 4. The minimum Gasteiger partial charge on any atom is -0.169 e. The van der Waals surface area contributed by atoms with Gasteiger partial charge in [0.15, 0.2) is 0 Å². The Balaban J connectivity index is 2.79. The number of hydrogen-bond donors (Lipinski definition) is 2. The number of thiol groups is 2. The van der Waals surface area contributed by atoms with E-state index in [1.165, 1.54) is 29.6 Å². The fraction of sp³-hybridized carbons (Fsp3) is 0.636. The maximum Gasteiger partial charge on any atom is 0.0541 e. The van der Waals surface area contributed by atoms with Crippen molar-refractivity contribution in [3.05, 3.63) is 33.4 Å². The lowest BCUT2D eigenvalue weighted by Crippen LogP contribution is -2.15. The maximum absolute atomic E-state index is 5.82. The van der Waals surface area contributed by atoms with E-state index >= 15 is 0 Å². The molecule has 0 N–H and O–H groups in total. The molecule has 0 aromatic carbocycles. The van der Waals surface area contributed by atoms with Gasteiger partial charge in [-0.3, -0.25) is 0 Å². The molecule has 2 unspecified atom stereocenters. The van der Waals surface area contributed by atoms with Crippen LogP contribution in [0.2, 0.25) is 0 Å². The van der Waals surface area contributed by atoms with Crippen LogP contribution in [0.15, 0.2) is 33.4 Å². The summed E-state index contributed by atoms with van der Waals surface area (Å²) in [5, 5.41) is -0.0853. The lowest BCUT2D eigenvalue weighted by atomic mass is 9.90. The van der Waals surface area contributed by atoms with Crippen LogP contribution in [0.25, 0.3) is 0 Å². The Bertz CT molecular complexity index is 622. The molecule has 26 heavy (non-hydrogen) atoms. The third-order valence-corrected chi connectivity index (χ3v) is 7.89. The van der Waals surface area contributed by atoms with Gasteiger partial charge in [-0.05, 0) is 53.5 Å². The van der Waals surface area contributed by atoms with Gasteiger partial charge in [0.1, 0.15) is 0 Å². The van der Waals surface area contributed by atoms with Crippen LogP contribution in [0.5, 0.6) is 0 Å². The first kappa shape index (κ1) is 22.4. The summed E-state index contributed by atoms with van der Waals surface area (Å²) in [5.41, 5.74) is 8.72. The monoisotopic (exact) mass is 424 g/mol. The van der Waals surface area contributed by atoms with Crippen molar-refractivity contribution in [1.29, 1.82) is 0 Å². The van der Waals surface area contributed by atoms with E-state index in [0.717, 1.165) is 53.8 Å². The summed E-state index contributed by atoms with van der Waals surface area (Å²) < 4.78 is 0. The molecule has 144 valence electrons. The van der Waals surface area contributed by atoms with E-state index in [0.29, 0.717) is 0 Å². The van der Waals surface area contributed by atoms with E-state index in [-0.39, 0.29) is 10.5 Å². The van der Waals surface area contributed by atoms with Crippen LogP contribution in [-0.4, -0.2) is 20.2 Å². The normalized spacial score (nSPS) is 23.9. The summed E-state index contributed by atoms with van der Waals surface area (Å²) in [4.78, 5) is 1.81. The van der Waals surface area contributed by atoms with E-state index < -0.39 is 0 Å². The SMILES string of the molecule is CCCC1=C(CCC)C(=C2C(=S)C(S)C(S)C2=S)C(CCC)=C1CCC. The van der Waals surface area contributed by atoms with Gasteiger partial charge in [-0.2, -0.15) is 25.3 Å². The van der Waals surface area contributed by atoms with Gasteiger partial charge in [0.2, 0.25) is 0 Å². The molecule has 0 aliphatic heterocycles. The first-order valence-corrected chi connectivity index (χ1v) is 11.9. The largest absolute Gasteiger partial charge is 0.169 e.